The summed E-state index contributed by atoms with van der Waals surface area (Å²) >= 11 is 1.24. The molecule has 0 radical (unpaired) electrons. The number of hydrogen-bond acceptors (Lipinski definition) is 4. The number of aromatic nitrogens is 1. The molecule has 1 aromatic heterocycles. The van der Waals surface area contributed by atoms with Crippen molar-refractivity contribution in [2.75, 3.05) is 13.7 Å². The normalized spacial score (nSPS) is 10.6. The lowest BCUT2D eigenvalue weighted by molar-refractivity contribution is 0.0701. The van der Waals surface area contributed by atoms with Crippen molar-refractivity contribution in [3.63, 3.8) is 0 Å². The molecule has 1 N–H and O–H groups in total. The fraction of sp³-hybridized carbons (Fsp3) is 0.286. The first-order chi connectivity index (χ1) is 9.20. The SMILES string of the molecule is COCCc1nc(Cc2ccccc2)c(C(=O)O)s1. The second kappa shape index (κ2) is 6.45. The number of carbonyl (C=O) groups is 1. The van der Waals surface area contributed by atoms with Crippen LogP contribution in [0.4, 0.5) is 0 Å². The average molecular weight is 277 g/mol. The Labute approximate surface area is 115 Å². The molecule has 0 saturated carbocycles. The van der Waals surface area contributed by atoms with Crippen LogP contribution >= 0.6 is 11.3 Å². The zero-order chi connectivity index (χ0) is 13.7. The monoisotopic (exact) mass is 277 g/mol. The van der Waals surface area contributed by atoms with Gasteiger partial charge in [-0.15, -0.1) is 11.3 Å². The van der Waals surface area contributed by atoms with E-state index in [-0.39, 0.29) is 0 Å². The first kappa shape index (κ1) is 13.7. The highest BCUT2D eigenvalue weighted by atomic mass is 32.1. The molecule has 0 fully saturated rings. The molecular formula is C14H15NO3S. The lowest BCUT2D eigenvalue weighted by Gasteiger charge is -1.99. The van der Waals surface area contributed by atoms with Crippen LogP contribution in [-0.4, -0.2) is 29.8 Å². The fourth-order valence-electron chi connectivity index (χ4n) is 1.77. The number of methoxy groups -OCH3 is 1. The van der Waals surface area contributed by atoms with Crippen molar-refractivity contribution in [1.29, 1.82) is 0 Å². The zero-order valence-corrected chi connectivity index (χ0v) is 11.4. The summed E-state index contributed by atoms with van der Waals surface area (Å²) < 4.78 is 4.99. The predicted octanol–water partition coefficient (Wildman–Crippen LogP) is 2.62. The van der Waals surface area contributed by atoms with Crippen molar-refractivity contribution in [2.24, 2.45) is 0 Å². The maximum absolute atomic E-state index is 11.2. The molecule has 0 aliphatic carbocycles. The number of thiazole rings is 1. The zero-order valence-electron chi connectivity index (χ0n) is 10.6. The maximum atomic E-state index is 11.2. The van der Waals surface area contributed by atoms with E-state index in [0.717, 1.165) is 10.6 Å². The summed E-state index contributed by atoms with van der Waals surface area (Å²) in [5, 5.41) is 10.0. The Morgan fingerprint density at radius 3 is 2.74 bits per heavy atom. The van der Waals surface area contributed by atoms with Gasteiger partial charge >= 0.3 is 5.97 Å². The topological polar surface area (TPSA) is 59.4 Å². The third-order valence-corrected chi connectivity index (χ3v) is 3.82. The van der Waals surface area contributed by atoms with Crippen molar-refractivity contribution in [3.05, 3.63) is 51.5 Å². The minimum atomic E-state index is -0.910. The van der Waals surface area contributed by atoms with Gasteiger partial charge in [-0.2, -0.15) is 0 Å². The van der Waals surface area contributed by atoms with Crippen LogP contribution in [0.2, 0.25) is 0 Å². The number of benzene rings is 1. The highest BCUT2D eigenvalue weighted by Crippen LogP contribution is 2.22. The summed E-state index contributed by atoms with van der Waals surface area (Å²) in [6.45, 7) is 0.553. The van der Waals surface area contributed by atoms with E-state index in [2.05, 4.69) is 4.98 Å². The number of hydrogen-bond donors (Lipinski definition) is 1. The van der Waals surface area contributed by atoms with E-state index < -0.39 is 5.97 Å². The van der Waals surface area contributed by atoms with Crippen LogP contribution in [0.5, 0.6) is 0 Å². The molecular weight excluding hydrogens is 262 g/mol. The van der Waals surface area contributed by atoms with Gasteiger partial charge in [0.25, 0.3) is 0 Å². The van der Waals surface area contributed by atoms with E-state index in [1.54, 1.807) is 7.11 Å². The summed E-state index contributed by atoms with van der Waals surface area (Å²) in [6.07, 6.45) is 1.20. The largest absolute Gasteiger partial charge is 0.477 e. The third kappa shape index (κ3) is 3.62. The standard InChI is InChI=1S/C14H15NO3S/c1-18-8-7-12-15-11(13(19-12)14(16)17)9-10-5-3-2-4-6-10/h2-6H,7-9H2,1H3,(H,16,17). The van der Waals surface area contributed by atoms with Gasteiger partial charge in [-0.3, -0.25) is 0 Å². The molecule has 0 aliphatic heterocycles. The molecule has 0 aliphatic rings. The van der Waals surface area contributed by atoms with Crippen LogP contribution < -0.4 is 0 Å². The fourth-order valence-corrected chi connectivity index (χ4v) is 2.67. The maximum Gasteiger partial charge on any atom is 0.347 e. The lowest BCUT2D eigenvalue weighted by Crippen LogP contribution is -2.00. The Balaban J connectivity index is 2.22. The number of carboxylic acids is 1. The molecule has 100 valence electrons. The second-order valence-corrected chi connectivity index (χ2v) is 5.18. The van der Waals surface area contributed by atoms with E-state index in [0.29, 0.717) is 30.0 Å². The van der Waals surface area contributed by atoms with E-state index >= 15 is 0 Å². The molecule has 1 heterocycles. The van der Waals surface area contributed by atoms with E-state index in [4.69, 9.17) is 4.74 Å². The molecule has 5 heteroatoms. The molecule has 1 aromatic carbocycles. The van der Waals surface area contributed by atoms with Crippen LogP contribution in [0.1, 0.15) is 25.9 Å². The minimum absolute atomic E-state index is 0.329. The van der Waals surface area contributed by atoms with Crippen LogP contribution in [0.15, 0.2) is 30.3 Å². The van der Waals surface area contributed by atoms with Crippen LogP contribution in [0, 0.1) is 0 Å². The first-order valence-corrected chi connectivity index (χ1v) is 6.77. The van der Waals surface area contributed by atoms with Gasteiger partial charge in [0, 0.05) is 20.0 Å². The summed E-state index contributed by atoms with van der Waals surface area (Å²) in [6, 6.07) is 9.76. The number of carboxylic acid groups (broad SMARTS) is 1. The molecule has 0 atom stereocenters. The van der Waals surface area contributed by atoms with Gasteiger partial charge in [0.05, 0.1) is 17.3 Å². The van der Waals surface area contributed by atoms with Gasteiger partial charge in [0.15, 0.2) is 0 Å². The molecule has 0 spiro atoms. The van der Waals surface area contributed by atoms with Crippen molar-refractivity contribution in [2.45, 2.75) is 12.8 Å². The minimum Gasteiger partial charge on any atom is -0.477 e. The van der Waals surface area contributed by atoms with Gasteiger partial charge < -0.3 is 9.84 Å². The molecule has 0 saturated heterocycles. The van der Waals surface area contributed by atoms with Gasteiger partial charge in [0.1, 0.15) is 4.88 Å². The van der Waals surface area contributed by atoms with Crippen molar-refractivity contribution < 1.29 is 14.6 Å². The quantitative estimate of drug-likeness (QED) is 0.881. The molecule has 0 unspecified atom stereocenters. The van der Waals surface area contributed by atoms with Gasteiger partial charge in [-0.25, -0.2) is 9.78 Å². The van der Waals surface area contributed by atoms with Crippen molar-refractivity contribution >= 4 is 17.3 Å². The van der Waals surface area contributed by atoms with Crippen LogP contribution in [0.25, 0.3) is 0 Å². The smallest absolute Gasteiger partial charge is 0.347 e. The molecule has 2 aromatic rings. The van der Waals surface area contributed by atoms with Gasteiger partial charge in [-0.1, -0.05) is 30.3 Å². The number of aromatic carboxylic acids is 1. The first-order valence-electron chi connectivity index (χ1n) is 5.95. The molecule has 2 rings (SSSR count). The number of rotatable bonds is 6. The Hall–Kier alpha value is -1.72. The summed E-state index contributed by atoms with van der Waals surface area (Å²) in [5.74, 6) is -0.910. The lowest BCUT2D eigenvalue weighted by atomic mass is 10.1. The third-order valence-electron chi connectivity index (χ3n) is 2.67. The van der Waals surface area contributed by atoms with Crippen molar-refractivity contribution in [3.8, 4) is 0 Å². The molecule has 0 bridgehead atoms. The number of nitrogens with zero attached hydrogens (tertiary/aromatic N) is 1. The Morgan fingerprint density at radius 2 is 2.11 bits per heavy atom. The molecule has 0 amide bonds. The summed E-state index contributed by atoms with van der Waals surface area (Å²) in [5.41, 5.74) is 1.70. The highest BCUT2D eigenvalue weighted by Gasteiger charge is 2.17. The predicted molar refractivity (Wildman–Crippen MR) is 73.9 cm³/mol. The highest BCUT2D eigenvalue weighted by molar-refractivity contribution is 7.13. The van der Waals surface area contributed by atoms with E-state index in [1.165, 1.54) is 11.3 Å². The second-order valence-electron chi connectivity index (χ2n) is 4.09. The van der Waals surface area contributed by atoms with Gasteiger partial charge in [0.2, 0.25) is 0 Å². The summed E-state index contributed by atoms with van der Waals surface area (Å²) in [7, 11) is 1.62. The van der Waals surface area contributed by atoms with Crippen LogP contribution in [-0.2, 0) is 17.6 Å². The molecule has 19 heavy (non-hydrogen) atoms. The van der Waals surface area contributed by atoms with E-state index in [1.807, 2.05) is 30.3 Å². The Kier molecular flexibility index (Phi) is 4.65. The molecule has 4 nitrogen and oxygen atoms in total. The average Bonchev–Trinajstić information content (AvgIpc) is 2.81. The Bertz CT molecular complexity index is 551. The van der Waals surface area contributed by atoms with E-state index in [9.17, 15) is 9.90 Å². The Morgan fingerprint density at radius 1 is 1.37 bits per heavy atom. The number of ether oxygens (including phenoxy) is 1. The van der Waals surface area contributed by atoms with Crippen LogP contribution in [0.3, 0.4) is 0 Å². The summed E-state index contributed by atoms with van der Waals surface area (Å²) in [4.78, 5) is 16.0. The van der Waals surface area contributed by atoms with Crippen molar-refractivity contribution in [1.82, 2.24) is 4.98 Å². The van der Waals surface area contributed by atoms with Gasteiger partial charge in [-0.05, 0) is 5.56 Å².